The smallest absolute Gasteiger partial charge is 0.0278 e. The molecular formula is C18H36N2. The molecule has 1 aliphatic carbocycles. The van der Waals surface area contributed by atoms with Crippen molar-refractivity contribution in [2.45, 2.75) is 91.3 Å². The van der Waals surface area contributed by atoms with E-state index in [-0.39, 0.29) is 0 Å². The molecule has 2 aliphatic rings. The zero-order valence-corrected chi connectivity index (χ0v) is 14.6. The second kappa shape index (κ2) is 5.96. The second-order valence-electron chi connectivity index (χ2n) is 8.69. The van der Waals surface area contributed by atoms with Gasteiger partial charge in [0, 0.05) is 30.7 Å². The summed E-state index contributed by atoms with van der Waals surface area (Å²) in [6.45, 7) is 16.8. The maximum Gasteiger partial charge on any atom is 0.0278 e. The third-order valence-electron chi connectivity index (χ3n) is 5.89. The van der Waals surface area contributed by atoms with E-state index in [2.05, 4.69) is 51.8 Å². The average Bonchev–Trinajstić information content (AvgIpc) is 2.37. The van der Waals surface area contributed by atoms with Crippen LogP contribution in [-0.4, -0.2) is 35.6 Å². The Balaban J connectivity index is 2.14. The molecule has 1 saturated carbocycles. The molecule has 2 heteroatoms. The van der Waals surface area contributed by atoms with Crippen molar-refractivity contribution in [3.05, 3.63) is 0 Å². The molecule has 2 fully saturated rings. The third-order valence-corrected chi connectivity index (χ3v) is 5.89. The number of piperazine rings is 1. The topological polar surface area (TPSA) is 15.3 Å². The van der Waals surface area contributed by atoms with Gasteiger partial charge in [0.2, 0.25) is 0 Å². The lowest BCUT2D eigenvalue weighted by Gasteiger charge is -2.53. The van der Waals surface area contributed by atoms with Crippen LogP contribution in [0, 0.1) is 11.3 Å². The Hall–Kier alpha value is -0.0800. The molecule has 0 aromatic rings. The summed E-state index contributed by atoms with van der Waals surface area (Å²) >= 11 is 0. The van der Waals surface area contributed by atoms with Gasteiger partial charge in [-0.1, -0.05) is 41.0 Å². The van der Waals surface area contributed by atoms with Crippen molar-refractivity contribution in [3.8, 4) is 0 Å². The van der Waals surface area contributed by atoms with E-state index in [9.17, 15) is 0 Å². The summed E-state index contributed by atoms with van der Waals surface area (Å²) in [5.41, 5.74) is 0.852. The molecule has 3 atom stereocenters. The largest absolute Gasteiger partial charge is 0.309 e. The summed E-state index contributed by atoms with van der Waals surface area (Å²) in [5.74, 6) is 0.744. The van der Waals surface area contributed by atoms with Crippen LogP contribution in [0.2, 0.25) is 0 Å². The van der Waals surface area contributed by atoms with Gasteiger partial charge in [0.1, 0.15) is 0 Å². The van der Waals surface area contributed by atoms with Crippen LogP contribution in [-0.2, 0) is 0 Å². The zero-order chi connectivity index (χ0) is 15.0. The Kier molecular flexibility index (Phi) is 4.86. The lowest BCUT2D eigenvalue weighted by molar-refractivity contribution is -0.00777. The maximum absolute atomic E-state index is 3.82. The van der Waals surface area contributed by atoms with Gasteiger partial charge >= 0.3 is 0 Å². The summed E-state index contributed by atoms with van der Waals surface area (Å²) in [5, 5.41) is 3.82. The van der Waals surface area contributed by atoms with E-state index in [1.165, 1.54) is 45.2 Å². The Morgan fingerprint density at radius 3 is 2.50 bits per heavy atom. The molecule has 0 aromatic heterocycles. The molecule has 0 bridgehead atoms. The first-order chi connectivity index (χ1) is 9.26. The quantitative estimate of drug-likeness (QED) is 0.839. The van der Waals surface area contributed by atoms with Gasteiger partial charge < -0.3 is 5.32 Å². The van der Waals surface area contributed by atoms with Crippen LogP contribution in [0.1, 0.15) is 73.6 Å². The molecule has 2 rings (SSSR count). The van der Waals surface area contributed by atoms with Gasteiger partial charge in [-0.25, -0.2) is 0 Å². The zero-order valence-electron chi connectivity index (χ0n) is 14.6. The summed E-state index contributed by atoms with van der Waals surface area (Å²) in [6, 6.07) is 1.52. The predicted octanol–water partition coefficient (Wildman–Crippen LogP) is 4.05. The van der Waals surface area contributed by atoms with Gasteiger partial charge in [-0.3, -0.25) is 4.90 Å². The maximum atomic E-state index is 3.82. The molecule has 1 saturated heterocycles. The highest BCUT2D eigenvalue weighted by Gasteiger charge is 2.41. The van der Waals surface area contributed by atoms with Crippen molar-refractivity contribution in [2.75, 3.05) is 13.1 Å². The van der Waals surface area contributed by atoms with Crippen LogP contribution in [0.5, 0.6) is 0 Å². The minimum Gasteiger partial charge on any atom is -0.309 e. The van der Waals surface area contributed by atoms with Crippen LogP contribution < -0.4 is 5.32 Å². The fourth-order valence-electron chi connectivity index (χ4n) is 4.24. The molecular weight excluding hydrogens is 244 g/mol. The van der Waals surface area contributed by atoms with E-state index in [1.54, 1.807) is 0 Å². The monoisotopic (exact) mass is 280 g/mol. The van der Waals surface area contributed by atoms with Crippen molar-refractivity contribution in [3.63, 3.8) is 0 Å². The van der Waals surface area contributed by atoms with E-state index in [0.717, 1.165) is 12.0 Å². The Labute approximate surface area is 126 Å². The van der Waals surface area contributed by atoms with Crippen LogP contribution in [0.3, 0.4) is 0 Å². The fraction of sp³-hybridized carbons (Fsp3) is 1.00. The summed E-state index contributed by atoms with van der Waals surface area (Å²) < 4.78 is 0. The number of rotatable bonds is 3. The second-order valence-corrected chi connectivity index (χ2v) is 8.69. The first kappa shape index (κ1) is 16.3. The predicted molar refractivity (Wildman–Crippen MR) is 88.1 cm³/mol. The lowest BCUT2D eigenvalue weighted by Crippen LogP contribution is -2.66. The molecule has 0 aromatic carbocycles. The lowest BCUT2D eigenvalue weighted by atomic mass is 9.73. The highest BCUT2D eigenvalue weighted by molar-refractivity contribution is 4.99. The molecule has 1 heterocycles. The van der Waals surface area contributed by atoms with Crippen molar-refractivity contribution in [1.29, 1.82) is 0 Å². The molecule has 118 valence electrons. The Bertz CT molecular complexity index is 323. The Morgan fingerprint density at radius 2 is 1.95 bits per heavy atom. The van der Waals surface area contributed by atoms with Crippen molar-refractivity contribution in [2.24, 2.45) is 11.3 Å². The first-order valence-electron chi connectivity index (χ1n) is 8.77. The summed E-state index contributed by atoms with van der Waals surface area (Å²) in [4.78, 5) is 2.88. The standard InChI is InChI=1S/C18H36N2/c1-7-18(6)13-20(16(12-19-18)14(2)3)15-9-8-10-17(4,5)11-15/h14-16,19H,7-13H2,1-6H3. The first-order valence-corrected chi connectivity index (χ1v) is 8.77. The van der Waals surface area contributed by atoms with Gasteiger partial charge in [0.15, 0.2) is 0 Å². The molecule has 1 N–H and O–H groups in total. The number of nitrogens with zero attached hydrogens (tertiary/aromatic N) is 1. The van der Waals surface area contributed by atoms with E-state index in [4.69, 9.17) is 0 Å². The molecule has 2 nitrogen and oxygen atoms in total. The minimum atomic E-state index is 0.312. The number of hydrogen-bond donors (Lipinski definition) is 1. The van der Waals surface area contributed by atoms with Crippen LogP contribution in [0.25, 0.3) is 0 Å². The van der Waals surface area contributed by atoms with E-state index in [0.29, 0.717) is 17.0 Å². The minimum absolute atomic E-state index is 0.312. The van der Waals surface area contributed by atoms with Crippen molar-refractivity contribution < 1.29 is 0 Å². The van der Waals surface area contributed by atoms with Crippen LogP contribution >= 0.6 is 0 Å². The Morgan fingerprint density at radius 1 is 1.25 bits per heavy atom. The average molecular weight is 280 g/mol. The SMILES string of the molecule is CCC1(C)CN(C2CCCC(C)(C)C2)C(C(C)C)CN1. The van der Waals surface area contributed by atoms with Gasteiger partial charge in [-0.05, 0) is 43.9 Å². The van der Waals surface area contributed by atoms with Gasteiger partial charge in [-0.2, -0.15) is 0 Å². The highest BCUT2D eigenvalue weighted by Crippen LogP contribution is 2.39. The van der Waals surface area contributed by atoms with Crippen molar-refractivity contribution in [1.82, 2.24) is 10.2 Å². The molecule has 0 spiro atoms. The van der Waals surface area contributed by atoms with E-state index >= 15 is 0 Å². The van der Waals surface area contributed by atoms with Gasteiger partial charge in [0.25, 0.3) is 0 Å². The van der Waals surface area contributed by atoms with Gasteiger partial charge in [0.05, 0.1) is 0 Å². The van der Waals surface area contributed by atoms with Gasteiger partial charge in [-0.15, -0.1) is 0 Å². The summed E-state index contributed by atoms with van der Waals surface area (Å²) in [6.07, 6.45) is 6.84. The molecule has 3 unspecified atom stereocenters. The molecule has 20 heavy (non-hydrogen) atoms. The van der Waals surface area contributed by atoms with Crippen LogP contribution in [0.4, 0.5) is 0 Å². The highest BCUT2D eigenvalue weighted by atomic mass is 15.3. The summed E-state index contributed by atoms with van der Waals surface area (Å²) in [7, 11) is 0. The molecule has 0 radical (unpaired) electrons. The normalized spacial score (nSPS) is 39.1. The third kappa shape index (κ3) is 3.57. The van der Waals surface area contributed by atoms with E-state index in [1.807, 2.05) is 0 Å². The number of nitrogens with one attached hydrogen (secondary N) is 1. The molecule has 0 amide bonds. The number of hydrogen-bond acceptors (Lipinski definition) is 2. The van der Waals surface area contributed by atoms with Crippen LogP contribution in [0.15, 0.2) is 0 Å². The van der Waals surface area contributed by atoms with Crippen molar-refractivity contribution >= 4 is 0 Å². The van der Waals surface area contributed by atoms with E-state index < -0.39 is 0 Å². The molecule has 1 aliphatic heterocycles. The fourth-order valence-corrected chi connectivity index (χ4v) is 4.24.